The summed E-state index contributed by atoms with van der Waals surface area (Å²) >= 11 is 1.19. The van der Waals surface area contributed by atoms with Gasteiger partial charge in [-0.05, 0) is 54.6 Å². The highest BCUT2D eigenvalue weighted by Gasteiger charge is 2.33. The Morgan fingerprint density at radius 3 is 2.41 bits per heavy atom. The lowest BCUT2D eigenvalue weighted by atomic mass is 10.1. The highest BCUT2D eigenvalue weighted by Crippen LogP contribution is 2.35. The van der Waals surface area contributed by atoms with Crippen LogP contribution in [0.4, 0.5) is 18.9 Å². The van der Waals surface area contributed by atoms with Gasteiger partial charge in [-0.1, -0.05) is 30.3 Å². The molecule has 0 saturated carbocycles. The molecule has 0 radical (unpaired) electrons. The summed E-state index contributed by atoms with van der Waals surface area (Å²) in [4.78, 5) is 19.3. The lowest BCUT2D eigenvalue weighted by molar-refractivity contribution is -0.137. The van der Waals surface area contributed by atoms with Crippen molar-refractivity contribution in [2.24, 2.45) is 4.99 Å². The number of halogens is 3. The summed E-state index contributed by atoms with van der Waals surface area (Å²) < 4.78 is 43.6. The van der Waals surface area contributed by atoms with E-state index in [-0.39, 0.29) is 5.91 Å². The average Bonchev–Trinajstić information content (AvgIpc) is 2.97. The maximum Gasteiger partial charge on any atom is 0.416 e. The number of amidine groups is 1. The Kier molecular flexibility index (Phi) is 6.76. The van der Waals surface area contributed by atoms with Gasteiger partial charge in [0.1, 0.15) is 0 Å². The topological polar surface area (TPSA) is 41.9 Å². The molecule has 0 N–H and O–H groups in total. The van der Waals surface area contributed by atoms with Crippen LogP contribution in [0.25, 0.3) is 6.08 Å². The second kappa shape index (κ2) is 9.28. The Balaban J connectivity index is 1.86. The van der Waals surface area contributed by atoms with Gasteiger partial charge >= 0.3 is 6.18 Å². The van der Waals surface area contributed by atoms with Gasteiger partial charge in [0.05, 0.1) is 29.3 Å². The van der Waals surface area contributed by atoms with Gasteiger partial charge in [-0.2, -0.15) is 13.2 Å². The zero-order valence-electron chi connectivity index (χ0n) is 15.6. The van der Waals surface area contributed by atoms with Crippen LogP contribution in [0.5, 0.6) is 0 Å². The molecule has 2 aromatic rings. The molecular weight excluding hydrogens is 401 g/mol. The number of amides is 1. The molecule has 1 saturated heterocycles. The van der Waals surface area contributed by atoms with Gasteiger partial charge in [0.15, 0.2) is 5.17 Å². The van der Waals surface area contributed by atoms with Gasteiger partial charge in [-0.25, -0.2) is 4.99 Å². The third kappa shape index (κ3) is 5.48. The number of carbonyl (C=O) groups is 1. The van der Waals surface area contributed by atoms with Gasteiger partial charge in [0, 0.05) is 6.61 Å². The fourth-order valence-corrected chi connectivity index (χ4v) is 3.65. The first-order valence-electron chi connectivity index (χ1n) is 8.98. The standard InChI is InChI=1S/C21H19F3N2O2S/c1-2-28-13-12-26-19(27)18(29-20(26)25-17-6-4-3-5-7-17)14-15-8-10-16(11-9-15)21(22,23)24/h3-11,14H,2,12-13H2,1H3/b18-14-,25-20?. The highest BCUT2D eigenvalue weighted by molar-refractivity contribution is 8.18. The summed E-state index contributed by atoms with van der Waals surface area (Å²) in [6.45, 7) is 3.11. The molecule has 8 heteroatoms. The lowest BCUT2D eigenvalue weighted by Gasteiger charge is -2.15. The lowest BCUT2D eigenvalue weighted by Crippen LogP contribution is -2.32. The minimum atomic E-state index is -4.39. The van der Waals surface area contributed by atoms with Crippen molar-refractivity contribution in [3.05, 3.63) is 70.6 Å². The van der Waals surface area contributed by atoms with Crippen LogP contribution in [0.15, 0.2) is 64.5 Å². The number of nitrogens with zero attached hydrogens (tertiary/aromatic N) is 2. The largest absolute Gasteiger partial charge is 0.416 e. The van der Waals surface area contributed by atoms with Crippen molar-refractivity contribution in [2.75, 3.05) is 19.8 Å². The molecule has 1 fully saturated rings. The van der Waals surface area contributed by atoms with Crippen LogP contribution in [0, 0.1) is 0 Å². The zero-order valence-corrected chi connectivity index (χ0v) is 16.5. The van der Waals surface area contributed by atoms with Crippen molar-refractivity contribution in [1.82, 2.24) is 4.90 Å². The van der Waals surface area contributed by atoms with Crippen molar-refractivity contribution in [3.8, 4) is 0 Å². The monoisotopic (exact) mass is 420 g/mol. The molecular formula is C21H19F3N2O2S. The van der Waals surface area contributed by atoms with Crippen LogP contribution in [-0.2, 0) is 15.7 Å². The van der Waals surface area contributed by atoms with Gasteiger partial charge in [0.25, 0.3) is 5.91 Å². The van der Waals surface area contributed by atoms with Crippen molar-refractivity contribution < 1.29 is 22.7 Å². The van der Waals surface area contributed by atoms with E-state index in [1.165, 1.54) is 28.8 Å². The van der Waals surface area contributed by atoms with Crippen molar-refractivity contribution >= 4 is 34.6 Å². The molecule has 3 rings (SSSR count). The smallest absolute Gasteiger partial charge is 0.380 e. The summed E-state index contributed by atoms with van der Waals surface area (Å²) in [6, 6.07) is 13.9. The second-order valence-corrected chi connectivity index (χ2v) is 7.12. The number of hydrogen-bond acceptors (Lipinski definition) is 4. The van der Waals surface area contributed by atoms with Crippen molar-refractivity contribution in [3.63, 3.8) is 0 Å². The van der Waals surface area contributed by atoms with Crippen molar-refractivity contribution in [2.45, 2.75) is 13.1 Å². The van der Waals surface area contributed by atoms with Gasteiger partial charge in [0.2, 0.25) is 0 Å². The van der Waals surface area contributed by atoms with E-state index in [1.807, 2.05) is 37.3 Å². The molecule has 1 amide bonds. The van der Waals surface area contributed by atoms with Crippen molar-refractivity contribution in [1.29, 1.82) is 0 Å². The Hall–Kier alpha value is -2.58. The van der Waals surface area contributed by atoms with Crippen LogP contribution in [0.1, 0.15) is 18.1 Å². The Morgan fingerprint density at radius 1 is 1.10 bits per heavy atom. The molecule has 0 spiro atoms. The predicted molar refractivity (Wildman–Crippen MR) is 109 cm³/mol. The number of rotatable bonds is 6. The molecule has 2 aromatic carbocycles. The minimum absolute atomic E-state index is 0.246. The summed E-state index contributed by atoms with van der Waals surface area (Å²) in [5.41, 5.74) is 0.495. The van der Waals surface area contributed by atoms with Crippen LogP contribution in [-0.4, -0.2) is 35.7 Å². The summed E-state index contributed by atoms with van der Waals surface area (Å²) in [6.07, 6.45) is -2.82. The average molecular weight is 420 g/mol. The van der Waals surface area contributed by atoms with Gasteiger partial charge in [-0.3, -0.25) is 9.69 Å². The summed E-state index contributed by atoms with van der Waals surface area (Å²) in [5.74, 6) is -0.246. The number of aliphatic imine (C=N–C) groups is 1. The maximum atomic E-state index is 12.9. The van der Waals surface area contributed by atoms with E-state index in [4.69, 9.17) is 4.74 Å². The Labute approximate surface area is 171 Å². The quantitative estimate of drug-likeness (QED) is 0.468. The maximum absolute atomic E-state index is 12.9. The number of para-hydroxylation sites is 1. The molecule has 0 bridgehead atoms. The van der Waals surface area contributed by atoms with E-state index in [2.05, 4.69) is 4.99 Å². The number of alkyl halides is 3. The normalized spacial score (nSPS) is 17.5. The van der Waals surface area contributed by atoms with Crippen LogP contribution in [0.3, 0.4) is 0 Å². The number of hydrogen-bond donors (Lipinski definition) is 0. The number of benzene rings is 2. The first-order valence-corrected chi connectivity index (χ1v) is 9.80. The van der Waals surface area contributed by atoms with E-state index in [0.717, 1.165) is 12.1 Å². The Bertz CT molecular complexity index is 910. The number of ether oxygens (including phenoxy) is 1. The molecule has 29 heavy (non-hydrogen) atoms. The van der Waals surface area contributed by atoms with Crippen LogP contribution in [0.2, 0.25) is 0 Å². The molecule has 152 valence electrons. The third-order valence-electron chi connectivity index (χ3n) is 4.07. The molecule has 0 atom stereocenters. The molecule has 0 unspecified atom stereocenters. The summed E-state index contributed by atoms with van der Waals surface area (Å²) in [5, 5.41) is 0.513. The number of thioether (sulfide) groups is 1. The van der Waals surface area contributed by atoms with Gasteiger partial charge < -0.3 is 4.74 Å². The molecule has 0 aliphatic carbocycles. The fraction of sp³-hybridized carbons (Fsp3) is 0.238. The van der Waals surface area contributed by atoms with E-state index in [9.17, 15) is 18.0 Å². The predicted octanol–water partition coefficient (Wildman–Crippen LogP) is 5.35. The van der Waals surface area contributed by atoms with E-state index < -0.39 is 11.7 Å². The fourth-order valence-electron chi connectivity index (χ4n) is 2.62. The van der Waals surface area contributed by atoms with Crippen LogP contribution >= 0.6 is 11.8 Å². The SMILES string of the molecule is CCOCCN1C(=O)/C(=C/c2ccc(C(F)(F)F)cc2)SC1=Nc1ccccc1. The first kappa shape index (κ1) is 21.1. The summed E-state index contributed by atoms with van der Waals surface area (Å²) in [7, 11) is 0. The third-order valence-corrected chi connectivity index (χ3v) is 5.07. The molecule has 1 aliphatic heterocycles. The number of carbonyl (C=O) groups excluding carboxylic acids is 1. The molecule has 4 nitrogen and oxygen atoms in total. The van der Waals surface area contributed by atoms with E-state index in [1.54, 1.807) is 6.08 Å². The zero-order chi connectivity index (χ0) is 20.9. The van der Waals surface area contributed by atoms with Gasteiger partial charge in [-0.15, -0.1) is 0 Å². The van der Waals surface area contributed by atoms with Crippen LogP contribution < -0.4 is 0 Å². The highest BCUT2D eigenvalue weighted by atomic mass is 32.2. The minimum Gasteiger partial charge on any atom is -0.380 e. The van der Waals surface area contributed by atoms with E-state index in [0.29, 0.717) is 41.1 Å². The molecule has 1 heterocycles. The molecule has 0 aromatic heterocycles. The second-order valence-electron chi connectivity index (χ2n) is 6.11. The molecule has 1 aliphatic rings. The Morgan fingerprint density at radius 2 is 1.79 bits per heavy atom. The first-order chi connectivity index (χ1) is 13.9. The van der Waals surface area contributed by atoms with E-state index >= 15 is 0 Å².